The summed E-state index contributed by atoms with van der Waals surface area (Å²) >= 11 is 3.42. The van der Waals surface area contributed by atoms with E-state index in [4.69, 9.17) is 9.47 Å². The highest BCUT2D eigenvalue weighted by molar-refractivity contribution is 9.10. The zero-order chi connectivity index (χ0) is 9.26. The molecule has 1 aromatic rings. The van der Waals surface area contributed by atoms with E-state index in [0.29, 0.717) is 12.7 Å². The van der Waals surface area contributed by atoms with Gasteiger partial charge >= 0.3 is 0 Å². The van der Waals surface area contributed by atoms with Gasteiger partial charge in [-0.1, -0.05) is 15.9 Å². The SMILES string of the molecule is Cc1cc(Br)cc(OCC2CO2)c1. The van der Waals surface area contributed by atoms with E-state index in [1.165, 1.54) is 5.56 Å². The average molecular weight is 243 g/mol. The lowest BCUT2D eigenvalue weighted by Crippen LogP contribution is -2.03. The van der Waals surface area contributed by atoms with Gasteiger partial charge in [0.25, 0.3) is 0 Å². The lowest BCUT2D eigenvalue weighted by atomic mass is 10.2. The van der Waals surface area contributed by atoms with Crippen LogP contribution in [-0.2, 0) is 4.74 Å². The van der Waals surface area contributed by atoms with Gasteiger partial charge in [0, 0.05) is 4.47 Å². The summed E-state index contributed by atoms with van der Waals surface area (Å²) in [6, 6.07) is 6.04. The van der Waals surface area contributed by atoms with Crippen molar-refractivity contribution in [3.8, 4) is 5.75 Å². The Labute approximate surface area is 86.0 Å². The largest absolute Gasteiger partial charge is 0.491 e. The fourth-order valence-electron chi connectivity index (χ4n) is 1.14. The van der Waals surface area contributed by atoms with E-state index in [-0.39, 0.29) is 0 Å². The Balaban J connectivity index is 2.01. The van der Waals surface area contributed by atoms with E-state index in [0.717, 1.165) is 16.8 Å². The minimum atomic E-state index is 0.319. The molecule has 0 aromatic heterocycles. The number of rotatable bonds is 3. The average Bonchev–Trinajstić information content (AvgIpc) is 2.81. The highest BCUT2D eigenvalue weighted by Crippen LogP contribution is 2.22. The molecule has 1 unspecified atom stereocenters. The molecule has 2 nitrogen and oxygen atoms in total. The fraction of sp³-hybridized carbons (Fsp3) is 0.400. The van der Waals surface area contributed by atoms with Crippen LogP contribution in [0.1, 0.15) is 5.56 Å². The number of hydrogen-bond donors (Lipinski definition) is 0. The molecule has 0 N–H and O–H groups in total. The molecule has 70 valence electrons. The van der Waals surface area contributed by atoms with Crippen LogP contribution in [0.15, 0.2) is 22.7 Å². The first kappa shape index (κ1) is 9.03. The topological polar surface area (TPSA) is 21.8 Å². The molecule has 0 radical (unpaired) electrons. The van der Waals surface area contributed by atoms with Crippen molar-refractivity contribution in [3.05, 3.63) is 28.2 Å². The zero-order valence-electron chi connectivity index (χ0n) is 7.42. The smallest absolute Gasteiger partial charge is 0.120 e. The van der Waals surface area contributed by atoms with Gasteiger partial charge in [-0.15, -0.1) is 0 Å². The Kier molecular flexibility index (Phi) is 2.56. The summed E-state index contributed by atoms with van der Waals surface area (Å²) in [6.45, 7) is 3.55. The predicted octanol–water partition coefficient (Wildman–Crippen LogP) is 2.54. The summed E-state index contributed by atoms with van der Waals surface area (Å²) in [7, 11) is 0. The standard InChI is InChI=1S/C10H11BrO2/c1-7-2-8(11)4-9(3-7)12-5-10-6-13-10/h2-4,10H,5-6H2,1H3. The van der Waals surface area contributed by atoms with Gasteiger partial charge < -0.3 is 9.47 Å². The Bertz CT molecular complexity index is 288. The van der Waals surface area contributed by atoms with E-state index < -0.39 is 0 Å². The number of halogens is 1. The summed E-state index contributed by atoms with van der Waals surface area (Å²) < 4.78 is 11.6. The van der Waals surface area contributed by atoms with Gasteiger partial charge in [0.2, 0.25) is 0 Å². The van der Waals surface area contributed by atoms with Crippen LogP contribution in [0, 0.1) is 6.92 Å². The third-order valence-corrected chi connectivity index (χ3v) is 2.31. The third kappa shape index (κ3) is 2.71. The Hall–Kier alpha value is -0.540. The fourth-order valence-corrected chi connectivity index (χ4v) is 1.73. The van der Waals surface area contributed by atoms with Crippen molar-refractivity contribution in [2.45, 2.75) is 13.0 Å². The number of hydrogen-bond acceptors (Lipinski definition) is 2. The van der Waals surface area contributed by atoms with Gasteiger partial charge in [0.05, 0.1) is 6.61 Å². The Morgan fingerprint density at radius 3 is 2.92 bits per heavy atom. The van der Waals surface area contributed by atoms with Crippen molar-refractivity contribution in [2.24, 2.45) is 0 Å². The first-order valence-corrected chi connectivity index (χ1v) is 5.05. The van der Waals surface area contributed by atoms with E-state index >= 15 is 0 Å². The molecular formula is C10H11BrO2. The highest BCUT2D eigenvalue weighted by Gasteiger charge is 2.22. The highest BCUT2D eigenvalue weighted by atomic mass is 79.9. The third-order valence-electron chi connectivity index (χ3n) is 1.85. The van der Waals surface area contributed by atoms with Gasteiger partial charge in [-0.3, -0.25) is 0 Å². The van der Waals surface area contributed by atoms with E-state index in [1.54, 1.807) is 0 Å². The summed E-state index contributed by atoms with van der Waals surface area (Å²) in [5.74, 6) is 0.905. The Morgan fingerprint density at radius 1 is 1.54 bits per heavy atom. The zero-order valence-corrected chi connectivity index (χ0v) is 9.00. The molecule has 0 bridgehead atoms. The molecule has 13 heavy (non-hydrogen) atoms. The van der Waals surface area contributed by atoms with Gasteiger partial charge in [-0.05, 0) is 30.7 Å². The molecule has 0 spiro atoms. The molecule has 3 heteroatoms. The maximum Gasteiger partial charge on any atom is 0.120 e. The molecule has 1 heterocycles. The predicted molar refractivity (Wildman–Crippen MR) is 54.1 cm³/mol. The van der Waals surface area contributed by atoms with Crippen molar-refractivity contribution in [1.29, 1.82) is 0 Å². The van der Waals surface area contributed by atoms with Crippen LogP contribution < -0.4 is 4.74 Å². The van der Waals surface area contributed by atoms with Gasteiger partial charge in [0.15, 0.2) is 0 Å². The van der Waals surface area contributed by atoms with Gasteiger partial charge in [-0.2, -0.15) is 0 Å². The summed E-state index contributed by atoms with van der Waals surface area (Å²) in [5, 5.41) is 0. The quantitative estimate of drug-likeness (QED) is 0.761. The molecular weight excluding hydrogens is 232 g/mol. The molecule has 1 saturated heterocycles. The summed E-state index contributed by atoms with van der Waals surface area (Å²) in [5.41, 5.74) is 1.20. The summed E-state index contributed by atoms with van der Waals surface area (Å²) in [4.78, 5) is 0. The van der Waals surface area contributed by atoms with Crippen molar-refractivity contribution < 1.29 is 9.47 Å². The minimum Gasteiger partial charge on any atom is -0.491 e. The van der Waals surface area contributed by atoms with Crippen LogP contribution in [0.25, 0.3) is 0 Å². The maximum absolute atomic E-state index is 5.54. The molecule has 1 aliphatic rings. The number of benzene rings is 1. The second-order valence-electron chi connectivity index (χ2n) is 3.23. The van der Waals surface area contributed by atoms with Crippen molar-refractivity contribution in [1.82, 2.24) is 0 Å². The van der Waals surface area contributed by atoms with Crippen LogP contribution in [0.4, 0.5) is 0 Å². The molecule has 1 fully saturated rings. The van der Waals surface area contributed by atoms with Crippen LogP contribution in [-0.4, -0.2) is 19.3 Å². The van der Waals surface area contributed by atoms with Crippen molar-refractivity contribution >= 4 is 15.9 Å². The molecule has 1 atom stereocenters. The lowest BCUT2D eigenvalue weighted by molar-refractivity contribution is 0.263. The first-order chi connectivity index (χ1) is 6.24. The lowest BCUT2D eigenvalue weighted by Gasteiger charge is -2.05. The van der Waals surface area contributed by atoms with Crippen LogP contribution >= 0.6 is 15.9 Å². The van der Waals surface area contributed by atoms with Gasteiger partial charge in [0.1, 0.15) is 18.5 Å². The molecule has 1 aliphatic heterocycles. The van der Waals surface area contributed by atoms with E-state index in [9.17, 15) is 0 Å². The second kappa shape index (κ2) is 3.68. The van der Waals surface area contributed by atoms with E-state index in [1.807, 2.05) is 19.1 Å². The second-order valence-corrected chi connectivity index (χ2v) is 4.15. The molecule has 0 amide bonds. The van der Waals surface area contributed by atoms with E-state index in [2.05, 4.69) is 22.0 Å². The normalized spacial score (nSPS) is 20.0. The first-order valence-electron chi connectivity index (χ1n) is 4.25. The van der Waals surface area contributed by atoms with Gasteiger partial charge in [-0.25, -0.2) is 0 Å². The summed E-state index contributed by atoms with van der Waals surface area (Å²) in [6.07, 6.45) is 0.319. The monoisotopic (exact) mass is 242 g/mol. The van der Waals surface area contributed by atoms with Crippen molar-refractivity contribution in [3.63, 3.8) is 0 Å². The molecule has 0 aliphatic carbocycles. The number of aryl methyl sites for hydroxylation is 1. The van der Waals surface area contributed by atoms with Crippen LogP contribution in [0.3, 0.4) is 0 Å². The number of epoxide rings is 1. The molecule has 0 saturated carbocycles. The molecule has 2 rings (SSSR count). The van der Waals surface area contributed by atoms with Crippen molar-refractivity contribution in [2.75, 3.05) is 13.2 Å². The molecule has 1 aromatic carbocycles. The Morgan fingerprint density at radius 2 is 2.31 bits per heavy atom. The maximum atomic E-state index is 5.54. The minimum absolute atomic E-state index is 0.319. The van der Waals surface area contributed by atoms with Crippen LogP contribution in [0.2, 0.25) is 0 Å². The van der Waals surface area contributed by atoms with Crippen LogP contribution in [0.5, 0.6) is 5.75 Å². The number of ether oxygens (including phenoxy) is 2.